The third kappa shape index (κ3) is 4.22. The van der Waals surface area contributed by atoms with E-state index in [9.17, 15) is 0 Å². The van der Waals surface area contributed by atoms with Crippen molar-refractivity contribution in [3.63, 3.8) is 0 Å². The lowest BCUT2D eigenvalue weighted by molar-refractivity contribution is 0.145. The quantitative estimate of drug-likeness (QED) is 0.707. The van der Waals surface area contributed by atoms with E-state index in [1.165, 1.54) is 71.1 Å². The molecule has 4 aliphatic rings. The van der Waals surface area contributed by atoms with Crippen LogP contribution >= 0.6 is 0 Å². The number of rotatable bonds is 1. The van der Waals surface area contributed by atoms with Gasteiger partial charge in [0.05, 0.1) is 0 Å². The van der Waals surface area contributed by atoms with Gasteiger partial charge < -0.3 is 9.80 Å². The zero-order valence-electron chi connectivity index (χ0n) is 15.2. The molecule has 4 rings (SSSR count). The second-order valence-corrected chi connectivity index (χ2v) is 8.16. The average Bonchev–Trinajstić information content (AvgIpc) is 2.86. The van der Waals surface area contributed by atoms with E-state index in [1.54, 1.807) is 0 Å². The van der Waals surface area contributed by atoms with Gasteiger partial charge in [-0.15, -0.1) is 0 Å². The van der Waals surface area contributed by atoms with Gasteiger partial charge >= 0.3 is 0 Å². The molecule has 0 atom stereocenters. The van der Waals surface area contributed by atoms with Gasteiger partial charge in [-0.25, -0.2) is 0 Å². The first kappa shape index (κ1) is 17.3. The Morgan fingerprint density at radius 3 is 1.57 bits per heavy atom. The first-order valence-electron chi connectivity index (χ1n) is 9.45. The van der Waals surface area contributed by atoms with Gasteiger partial charge in [-0.05, 0) is 83.3 Å². The molecular weight excluding hydrogens is 256 g/mol. The van der Waals surface area contributed by atoms with Crippen molar-refractivity contribution >= 4 is 0 Å². The normalized spacial score (nSPS) is 28.9. The molecule has 0 N–H and O–H groups in total. The summed E-state index contributed by atoms with van der Waals surface area (Å²) in [5, 5.41) is 0. The summed E-state index contributed by atoms with van der Waals surface area (Å²) in [5.74, 6) is 0. The summed E-state index contributed by atoms with van der Waals surface area (Å²) in [6.07, 6.45) is 10.5. The Morgan fingerprint density at radius 2 is 1.33 bits per heavy atom. The SMILES string of the molecule is CC.CC(C)N1CCC2(CC2)C1.CN1CCC2(CCC2)C1. The summed E-state index contributed by atoms with van der Waals surface area (Å²) in [4.78, 5) is 5.09. The van der Waals surface area contributed by atoms with Crippen molar-refractivity contribution < 1.29 is 0 Å². The summed E-state index contributed by atoms with van der Waals surface area (Å²) in [6, 6.07) is 0.778. The van der Waals surface area contributed by atoms with E-state index in [0.29, 0.717) is 0 Å². The highest BCUT2D eigenvalue weighted by atomic mass is 15.2. The van der Waals surface area contributed by atoms with Crippen molar-refractivity contribution in [2.45, 2.75) is 78.7 Å². The van der Waals surface area contributed by atoms with Crippen LogP contribution in [0.15, 0.2) is 0 Å². The molecule has 0 bridgehead atoms. The van der Waals surface area contributed by atoms with E-state index in [4.69, 9.17) is 0 Å². The van der Waals surface area contributed by atoms with Gasteiger partial charge in [0.2, 0.25) is 0 Å². The minimum absolute atomic E-state index is 0.778. The summed E-state index contributed by atoms with van der Waals surface area (Å²) in [6.45, 7) is 14.1. The zero-order valence-corrected chi connectivity index (χ0v) is 15.2. The van der Waals surface area contributed by atoms with E-state index < -0.39 is 0 Å². The van der Waals surface area contributed by atoms with Crippen LogP contribution in [0.1, 0.15) is 72.6 Å². The smallest absolute Gasteiger partial charge is 0.00412 e. The van der Waals surface area contributed by atoms with Crippen LogP contribution in [0.2, 0.25) is 0 Å². The molecule has 0 aromatic rings. The van der Waals surface area contributed by atoms with Gasteiger partial charge in [0.15, 0.2) is 0 Å². The van der Waals surface area contributed by atoms with Gasteiger partial charge in [0.1, 0.15) is 0 Å². The number of hydrogen-bond acceptors (Lipinski definition) is 2. The molecule has 2 aliphatic carbocycles. The fourth-order valence-corrected chi connectivity index (χ4v) is 4.24. The third-order valence-electron chi connectivity index (χ3n) is 6.20. The van der Waals surface area contributed by atoms with E-state index in [-0.39, 0.29) is 0 Å². The zero-order chi connectivity index (χ0) is 15.5. The topological polar surface area (TPSA) is 6.48 Å². The molecule has 0 radical (unpaired) electrons. The fourth-order valence-electron chi connectivity index (χ4n) is 4.24. The second-order valence-electron chi connectivity index (χ2n) is 8.16. The molecular formula is C19H38N2. The standard InChI is InChI=1S/C9H17N.C8H15N.C2H6/c1-8(2)10-6-5-9(7-10)3-4-9;1-9-6-5-8(7-9)3-2-4-8;1-2/h8H,3-7H2,1-2H3;2-7H2,1H3;1-2H3. The largest absolute Gasteiger partial charge is 0.306 e. The summed E-state index contributed by atoms with van der Waals surface area (Å²) < 4.78 is 0. The summed E-state index contributed by atoms with van der Waals surface area (Å²) in [7, 11) is 2.24. The Bertz CT molecular complexity index is 316. The lowest BCUT2D eigenvalue weighted by Gasteiger charge is -2.37. The number of likely N-dealkylation sites (tertiary alicyclic amines) is 2. The predicted octanol–water partition coefficient (Wildman–Crippen LogP) is 4.40. The van der Waals surface area contributed by atoms with Gasteiger partial charge in [-0.2, -0.15) is 0 Å². The second kappa shape index (κ2) is 7.00. The molecule has 2 nitrogen and oxygen atoms in total. The van der Waals surface area contributed by atoms with Crippen LogP contribution in [0.4, 0.5) is 0 Å². The fraction of sp³-hybridized carbons (Fsp3) is 1.00. The van der Waals surface area contributed by atoms with Gasteiger partial charge in [-0.1, -0.05) is 20.3 Å². The maximum Gasteiger partial charge on any atom is 0.00412 e. The Hall–Kier alpha value is -0.0800. The molecule has 0 unspecified atom stereocenters. The molecule has 21 heavy (non-hydrogen) atoms. The van der Waals surface area contributed by atoms with Crippen molar-refractivity contribution in [3.8, 4) is 0 Å². The minimum Gasteiger partial charge on any atom is -0.306 e. The van der Waals surface area contributed by atoms with E-state index >= 15 is 0 Å². The molecule has 2 heteroatoms. The molecule has 4 fully saturated rings. The van der Waals surface area contributed by atoms with Crippen LogP contribution in [-0.2, 0) is 0 Å². The van der Waals surface area contributed by atoms with Gasteiger partial charge in [0, 0.05) is 19.1 Å². The van der Waals surface area contributed by atoms with Crippen molar-refractivity contribution in [3.05, 3.63) is 0 Å². The van der Waals surface area contributed by atoms with E-state index in [2.05, 4.69) is 30.7 Å². The maximum atomic E-state index is 2.62. The highest BCUT2D eigenvalue weighted by Crippen LogP contribution is 2.52. The summed E-state index contributed by atoms with van der Waals surface area (Å²) >= 11 is 0. The van der Waals surface area contributed by atoms with Crippen LogP contribution in [0.3, 0.4) is 0 Å². The predicted molar refractivity (Wildman–Crippen MR) is 92.7 cm³/mol. The molecule has 2 spiro atoms. The Morgan fingerprint density at radius 1 is 0.762 bits per heavy atom. The molecule has 0 amide bonds. The van der Waals surface area contributed by atoms with Crippen molar-refractivity contribution in [1.82, 2.24) is 9.80 Å². The Kier molecular flexibility index (Phi) is 5.76. The average molecular weight is 295 g/mol. The molecule has 2 saturated heterocycles. The first-order valence-corrected chi connectivity index (χ1v) is 9.45. The number of hydrogen-bond donors (Lipinski definition) is 0. The minimum atomic E-state index is 0.778. The lowest BCUT2D eigenvalue weighted by atomic mass is 9.68. The van der Waals surface area contributed by atoms with Crippen molar-refractivity contribution in [2.75, 3.05) is 33.2 Å². The van der Waals surface area contributed by atoms with Gasteiger partial charge in [-0.3, -0.25) is 0 Å². The molecule has 2 saturated carbocycles. The van der Waals surface area contributed by atoms with E-state index in [0.717, 1.165) is 16.9 Å². The van der Waals surface area contributed by atoms with E-state index in [1.807, 2.05) is 13.8 Å². The molecule has 0 aromatic heterocycles. The Labute approximate surface area is 133 Å². The van der Waals surface area contributed by atoms with Crippen molar-refractivity contribution in [2.24, 2.45) is 10.8 Å². The first-order chi connectivity index (χ1) is 10.0. The van der Waals surface area contributed by atoms with Crippen LogP contribution in [-0.4, -0.2) is 49.1 Å². The van der Waals surface area contributed by atoms with Gasteiger partial charge in [0.25, 0.3) is 0 Å². The monoisotopic (exact) mass is 294 g/mol. The maximum absolute atomic E-state index is 2.62. The lowest BCUT2D eigenvalue weighted by Crippen LogP contribution is -2.31. The molecule has 2 heterocycles. The highest BCUT2D eigenvalue weighted by Gasteiger charge is 2.47. The third-order valence-corrected chi connectivity index (χ3v) is 6.20. The van der Waals surface area contributed by atoms with Crippen molar-refractivity contribution in [1.29, 1.82) is 0 Å². The van der Waals surface area contributed by atoms with Crippen LogP contribution in [0, 0.1) is 10.8 Å². The highest BCUT2D eigenvalue weighted by molar-refractivity contribution is 5.00. The molecule has 0 aromatic carbocycles. The van der Waals surface area contributed by atoms with Crippen LogP contribution in [0.25, 0.3) is 0 Å². The Balaban J connectivity index is 0.000000138. The summed E-state index contributed by atoms with van der Waals surface area (Å²) in [5.41, 5.74) is 1.64. The van der Waals surface area contributed by atoms with Crippen LogP contribution < -0.4 is 0 Å². The molecule has 124 valence electrons. The van der Waals surface area contributed by atoms with Crippen LogP contribution in [0.5, 0.6) is 0 Å². The number of nitrogens with zero attached hydrogens (tertiary/aromatic N) is 2. The molecule has 2 aliphatic heterocycles.